The van der Waals surface area contributed by atoms with Crippen LogP contribution in [0.2, 0.25) is 0 Å². The molecule has 2 heterocycles. The second-order valence-corrected chi connectivity index (χ2v) is 6.05. The van der Waals surface area contributed by atoms with Crippen LogP contribution in [0, 0.1) is 0 Å². The first-order chi connectivity index (χ1) is 9.78. The highest BCUT2D eigenvalue weighted by Gasteiger charge is 2.31. The average Bonchev–Trinajstić information content (AvgIpc) is 3.19. The van der Waals surface area contributed by atoms with Gasteiger partial charge in [-0.15, -0.1) is 0 Å². The van der Waals surface area contributed by atoms with Crippen molar-refractivity contribution < 1.29 is 9.32 Å². The number of aromatic nitrogens is 2. The molecule has 3 rings (SSSR count). The monoisotopic (exact) mass is 277 g/mol. The lowest BCUT2D eigenvalue weighted by Gasteiger charge is -2.14. The number of likely N-dealkylation sites (tertiary alicyclic amines) is 1. The molecular weight excluding hydrogens is 254 g/mol. The van der Waals surface area contributed by atoms with E-state index in [9.17, 15) is 4.79 Å². The third kappa shape index (κ3) is 2.72. The van der Waals surface area contributed by atoms with Crippen molar-refractivity contribution in [3.05, 3.63) is 11.7 Å². The SMILES string of the molecule is CCCC(=O)N1CC[C@H](c2nc(C3CCCC3)no2)C1. The predicted molar refractivity (Wildman–Crippen MR) is 74.4 cm³/mol. The van der Waals surface area contributed by atoms with Crippen molar-refractivity contribution in [3.8, 4) is 0 Å². The van der Waals surface area contributed by atoms with Crippen molar-refractivity contribution in [1.82, 2.24) is 15.0 Å². The Morgan fingerprint density at radius 2 is 2.10 bits per heavy atom. The molecule has 0 bridgehead atoms. The average molecular weight is 277 g/mol. The maximum atomic E-state index is 11.9. The summed E-state index contributed by atoms with van der Waals surface area (Å²) in [6, 6.07) is 0. The largest absolute Gasteiger partial charge is 0.342 e. The molecule has 0 unspecified atom stereocenters. The van der Waals surface area contributed by atoms with E-state index >= 15 is 0 Å². The summed E-state index contributed by atoms with van der Waals surface area (Å²) < 4.78 is 5.45. The van der Waals surface area contributed by atoms with Crippen LogP contribution >= 0.6 is 0 Å². The smallest absolute Gasteiger partial charge is 0.231 e. The van der Waals surface area contributed by atoms with Crippen LogP contribution in [-0.2, 0) is 4.79 Å². The fourth-order valence-corrected chi connectivity index (χ4v) is 3.32. The summed E-state index contributed by atoms with van der Waals surface area (Å²) in [5, 5.41) is 4.16. The van der Waals surface area contributed by atoms with E-state index in [-0.39, 0.29) is 11.8 Å². The number of carbonyl (C=O) groups excluding carboxylic acids is 1. The van der Waals surface area contributed by atoms with Gasteiger partial charge in [-0.2, -0.15) is 4.98 Å². The summed E-state index contributed by atoms with van der Waals surface area (Å²) in [5.41, 5.74) is 0. The summed E-state index contributed by atoms with van der Waals surface area (Å²) in [7, 11) is 0. The molecular formula is C15H23N3O2. The molecule has 0 spiro atoms. The summed E-state index contributed by atoms with van der Waals surface area (Å²) in [5.74, 6) is 2.60. The number of hydrogen-bond acceptors (Lipinski definition) is 4. The molecule has 1 amide bonds. The Labute approximate surface area is 119 Å². The Hall–Kier alpha value is -1.39. The topological polar surface area (TPSA) is 59.2 Å². The first-order valence-electron chi connectivity index (χ1n) is 7.89. The van der Waals surface area contributed by atoms with Gasteiger partial charge in [0, 0.05) is 25.4 Å². The summed E-state index contributed by atoms with van der Waals surface area (Å²) in [6.07, 6.45) is 7.42. The normalized spacial score (nSPS) is 23.6. The lowest BCUT2D eigenvalue weighted by Crippen LogP contribution is -2.28. The first kappa shape index (κ1) is 13.6. The fourth-order valence-electron chi connectivity index (χ4n) is 3.32. The van der Waals surface area contributed by atoms with Crippen molar-refractivity contribution in [2.75, 3.05) is 13.1 Å². The van der Waals surface area contributed by atoms with Gasteiger partial charge in [-0.05, 0) is 25.7 Å². The number of carbonyl (C=O) groups is 1. The van der Waals surface area contributed by atoms with Crippen molar-refractivity contribution in [1.29, 1.82) is 0 Å². The molecule has 1 aromatic rings. The highest BCUT2D eigenvalue weighted by molar-refractivity contribution is 5.76. The van der Waals surface area contributed by atoms with Gasteiger partial charge in [0.15, 0.2) is 5.82 Å². The zero-order chi connectivity index (χ0) is 13.9. The van der Waals surface area contributed by atoms with Crippen molar-refractivity contribution in [2.45, 2.75) is 63.7 Å². The molecule has 2 aliphatic rings. The zero-order valence-electron chi connectivity index (χ0n) is 12.2. The predicted octanol–water partition coefficient (Wildman–Crippen LogP) is 2.84. The van der Waals surface area contributed by atoms with Gasteiger partial charge in [-0.1, -0.05) is 24.9 Å². The van der Waals surface area contributed by atoms with Gasteiger partial charge in [0.05, 0.1) is 5.92 Å². The Kier molecular flexibility index (Phi) is 4.03. The van der Waals surface area contributed by atoms with E-state index < -0.39 is 0 Å². The van der Waals surface area contributed by atoms with E-state index in [1.54, 1.807) is 0 Å². The van der Waals surface area contributed by atoms with Crippen molar-refractivity contribution in [3.63, 3.8) is 0 Å². The Balaban J connectivity index is 1.61. The minimum absolute atomic E-state index is 0.235. The molecule has 1 saturated carbocycles. The third-order valence-electron chi connectivity index (χ3n) is 4.53. The Morgan fingerprint density at radius 3 is 2.85 bits per heavy atom. The molecule has 20 heavy (non-hydrogen) atoms. The Bertz CT molecular complexity index is 465. The second-order valence-electron chi connectivity index (χ2n) is 6.05. The summed E-state index contributed by atoms with van der Waals surface area (Å²) >= 11 is 0. The van der Waals surface area contributed by atoms with E-state index in [0.717, 1.165) is 37.6 Å². The Morgan fingerprint density at radius 1 is 1.30 bits per heavy atom. The quantitative estimate of drug-likeness (QED) is 0.849. The molecule has 1 atom stereocenters. The first-order valence-corrected chi connectivity index (χ1v) is 7.89. The molecule has 0 aromatic carbocycles. The van der Waals surface area contributed by atoms with Gasteiger partial charge < -0.3 is 9.42 Å². The fraction of sp³-hybridized carbons (Fsp3) is 0.800. The van der Waals surface area contributed by atoms with Crippen molar-refractivity contribution >= 4 is 5.91 Å². The van der Waals surface area contributed by atoms with E-state index in [4.69, 9.17) is 4.52 Å². The molecule has 1 aliphatic heterocycles. The number of nitrogens with zero attached hydrogens (tertiary/aromatic N) is 3. The van der Waals surface area contributed by atoms with Gasteiger partial charge in [0.2, 0.25) is 11.8 Å². The van der Waals surface area contributed by atoms with Crippen molar-refractivity contribution in [2.24, 2.45) is 0 Å². The molecule has 0 N–H and O–H groups in total. The molecule has 0 radical (unpaired) electrons. The molecule has 1 aromatic heterocycles. The lowest BCUT2D eigenvalue weighted by molar-refractivity contribution is -0.130. The number of amides is 1. The molecule has 5 nitrogen and oxygen atoms in total. The van der Waals surface area contributed by atoms with Crippen LogP contribution in [0.5, 0.6) is 0 Å². The van der Waals surface area contributed by atoms with Crippen LogP contribution in [0.15, 0.2) is 4.52 Å². The van der Waals surface area contributed by atoms with Gasteiger partial charge in [0.1, 0.15) is 0 Å². The maximum absolute atomic E-state index is 11.9. The summed E-state index contributed by atoms with van der Waals surface area (Å²) in [6.45, 7) is 3.60. The van der Waals surface area contributed by atoms with E-state index in [0.29, 0.717) is 12.3 Å². The van der Waals surface area contributed by atoms with E-state index in [2.05, 4.69) is 10.1 Å². The minimum Gasteiger partial charge on any atom is -0.342 e. The molecule has 1 aliphatic carbocycles. The third-order valence-corrected chi connectivity index (χ3v) is 4.53. The van der Waals surface area contributed by atoms with Crippen LogP contribution < -0.4 is 0 Å². The van der Waals surface area contributed by atoms with Gasteiger partial charge in [0.25, 0.3) is 0 Å². The molecule has 110 valence electrons. The molecule has 2 fully saturated rings. The van der Waals surface area contributed by atoms with Crippen LogP contribution in [0.1, 0.15) is 75.4 Å². The highest BCUT2D eigenvalue weighted by atomic mass is 16.5. The minimum atomic E-state index is 0.235. The van der Waals surface area contributed by atoms with Crippen LogP contribution in [0.3, 0.4) is 0 Å². The number of rotatable bonds is 4. The zero-order valence-corrected chi connectivity index (χ0v) is 12.2. The molecule has 1 saturated heterocycles. The molecule has 5 heteroatoms. The van der Waals surface area contributed by atoms with E-state index in [1.165, 1.54) is 25.7 Å². The van der Waals surface area contributed by atoms with Gasteiger partial charge >= 0.3 is 0 Å². The van der Waals surface area contributed by atoms with Crippen LogP contribution in [0.4, 0.5) is 0 Å². The highest BCUT2D eigenvalue weighted by Crippen LogP contribution is 2.34. The maximum Gasteiger partial charge on any atom is 0.231 e. The van der Waals surface area contributed by atoms with Gasteiger partial charge in [-0.25, -0.2) is 0 Å². The second kappa shape index (κ2) is 5.94. The van der Waals surface area contributed by atoms with Crippen LogP contribution in [0.25, 0.3) is 0 Å². The van der Waals surface area contributed by atoms with E-state index in [1.807, 2.05) is 11.8 Å². The van der Waals surface area contributed by atoms with Gasteiger partial charge in [-0.3, -0.25) is 4.79 Å². The lowest BCUT2D eigenvalue weighted by atomic mass is 10.1. The number of hydrogen-bond donors (Lipinski definition) is 0. The standard InChI is InChI=1S/C15H23N3O2/c1-2-5-13(19)18-9-8-12(10-18)15-16-14(17-20-15)11-6-3-4-7-11/h11-12H,2-10H2,1H3/t12-/m0/s1. The van der Waals surface area contributed by atoms with Crippen LogP contribution in [-0.4, -0.2) is 34.0 Å². The summed E-state index contributed by atoms with van der Waals surface area (Å²) in [4.78, 5) is 18.4.